The summed E-state index contributed by atoms with van der Waals surface area (Å²) in [6.45, 7) is 0. The Balaban J connectivity index is 3.27. The van der Waals surface area contributed by atoms with E-state index in [-0.39, 0.29) is 5.56 Å². The average Bonchev–Trinajstić information content (AvgIpc) is 1.94. The minimum absolute atomic E-state index is 0.171. The molecule has 0 fully saturated rings. The molecule has 0 aliphatic carbocycles. The van der Waals surface area contributed by atoms with Crippen LogP contribution in [0.25, 0.3) is 0 Å². The first-order valence-electron chi connectivity index (χ1n) is 2.96. The van der Waals surface area contributed by atoms with Gasteiger partial charge in [0.1, 0.15) is 0 Å². The van der Waals surface area contributed by atoms with Crippen LogP contribution in [-0.4, -0.2) is 27.6 Å². The number of hydrogen-bond acceptors (Lipinski definition) is 2. The number of benzene rings is 1. The van der Waals surface area contributed by atoms with Gasteiger partial charge < -0.3 is 0 Å². The van der Waals surface area contributed by atoms with Crippen molar-refractivity contribution in [2.45, 2.75) is 0 Å². The molecule has 0 saturated heterocycles. The van der Waals surface area contributed by atoms with E-state index < -0.39 is 5.97 Å². The fraction of sp³-hybridized carbons (Fsp3) is 0. The van der Waals surface area contributed by atoms with Gasteiger partial charge in [0.05, 0.1) is 0 Å². The number of hydrogen-bond donors (Lipinski definition) is 2. The van der Waals surface area contributed by atoms with E-state index in [4.69, 9.17) is 10.8 Å². The molecule has 0 spiro atoms. The second kappa shape index (κ2) is 2.96. The molecule has 0 unspecified atom stereocenters. The topological polar surface area (TPSA) is 63.3 Å². The van der Waals surface area contributed by atoms with E-state index in [1.807, 2.05) is 0 Å². The van der Waals surface area contributed by atoms with Crippen molar-refractivity contribution in [2.24, 2.45) is 0 Å². The number of nitrogens with two attached hydrogens (primary N) is 1. The molecular formula is C7H6GeNO2. The first kappa shape index (κ1) is 8.13. The van der Waals surface area contributed by atoms with Gasteiger partial charge in [-0.05, 0) is 0 Å². The van der Waals surface area contributed by atoms with E-state index in [0.717, 1.165) is 4.40 Å². The molecule has 1 rings (SSSR count). The van der Waals surface area contributed by atoms with Crippen LogP contribution in [-0.2, 0) is 0 Å². The maximum absolute atomic E-state index is 10.5. The van der Waals surface area contributed by atoms with Gasteiger partial charge in [0.2, 0.25) is 0 Å². The van der Waals surface area contributed by atoms with Crippen LogP contribution in [0.1, 0.15) is 10.4 Å². The Morgan fingerprint density at radius 2 is 2.18 bits per heavy atom. The number of para-hydroxylation sites is 1. The summed E-state index contributed by atoms with van der Waals surface area (Å²) in [6.07, 6.45) is 0. The normalized spacial score (nSPS) is 9.55. The zero-order valence-corrected chi connectivity index (χ0v) is 7.76. The van der Waals surface area contributed by atoms with Crippen LogP contribution in [0.3, 0.4) is 0 Å². The monoisotopic (exact) mass is 210 g/mol. The number of anilines is 1. The molecule has 3 nitrogen and oxygen atoms in total. The Morgan fingerprint density at radius 1 is 1.55 bits per heavy atom. The number of carbonyl (C=O) groups is 1. The Kier molecular flexibility index (Phi) is 2.19. The molecule has 0 aliphatic heterocycles. The van der Waals surface area contributed by atoms with Crippen molar-refractivity contribution >= 4 is 32.6 Å². The van der Waals surface area contributed by atoms with Crippen molar-refractivity contribution in [3.63, 3.8) is 0 Å². The fourth-order valence-electron chi connectivity index (χ4n) is 0.752. The standard InChI is InChI=1S/C7H6GeNO2/c8-5-3-1-2-4(6(5)9)7(10)11/h1-3H,9H2,(H,10,11). The Hall–Kier alpha value is -0.967. The number of rotatable bonds is 1. The van der Waals surface area contributed by atoms with E-state index in [1.165, 1.54) is 6.07 Å². The Morgan fingerprint density at radius 3 is 2.64 bits per heavy atom. The summed E-state index contributed by atoms with van der Waals surface area (Å²) in [6, 6.07) is 4.95. The second-order valence-corrected chi connectivity index (χ2v) is 3.20. The molecule has 0 saturated carbocycles. The van der Waals surface area contributed by atoms with Crippen LogP contribution in [0, 0.1) is 0 Å². The molecule has 4 heteroatoms. The molecule has 0 amide bonds. The van der Waals surface area contributed by atoms with Crippen LogP contribution >= 0.6 is 0 Å². The van der Waals surface area contributed by atoms with Crippen molar-refractivity contribution < 1.29 is 9.90 Å². The molecule has 0 aliphatic rings. The van der Waals surface area contributed by atoms with Gasteiger partial charge in [0, 0.05) is 0 Å². The molecule has 55 valence electrons. The maximum atomic E-state index is 10.5. The van der Waals surface area contributed by atoms with E-state index in [9.17, 15) is 4.79 Å². The first-order valence-corrected chi connectivity index (χ1v) is 4.01. The van der Waals surface area contributed by atoms with Gasteiger partial charge in [-0.2, -0.15) is 0 Å². The molecule has 1 aromatic carbocycles. The van der Waals surface area contributed by atoms with Crippen LogP contribution in [0.15, 0.2) is 18.2 Å². The Labute approximate surface area is 72.4 Å². The first-order chi connectivity index (χ1) is 5.13. The number of aromatic carboxylic acids is 1. The average molecular weight is 209 g/mol. The minimum atomic E-state index is -0.980. The fourth-order valence-corrected chi connectivity index (χ4v) is 1.24. The second-order valence-electron chi connectivity index (χ2n) is 2.07. The van der Waals surface area contributed by atoms with E-state index in [0.29, 0.717) is 5.69 Å². The van der Waals surface area contributed by atoms with E-state index in [2.05, 4.69) is 0 Å². The van der Waals surface area contributed by atoms with Crippen LogP contribution in [0.2, 0.25) is 0 Å². The van der Waals surface area contributed by atoms with Crippen molar-refractivity contribution in [3.05, 3.63) is 23.8 Å². The third-order valence-electron chi connectivity index (χ3n) is 1.34. The third-order valence-corrected chi connectivity index (χ3v) is 2.25. The summed E-state index contributed by atoms with van der Waals surface area (Å²) in [7, 11) is 0. The van der Waals surface area contributed by atoms with Crippen molar-refractivity contribution in [3.8, 4) is 0 Å². The molecule has 0 heterocycles. The third kappa shape index (κ3) is 1.54. The van der Waals surface area contributed by atoms with Crippen LogP contribution in [0.4, 0.5) is 5.69 Å². The Bertz CT molecular complexity index is 298. The van der Waals surface area contributed by atoms with Crippen molar-refractivity contribution in [1.82, 2.24) is 0 Å². The van der Waals surface area contributed by atoms with E-state index in [1.54, 1.807) is 28.6 Å². The predicted octanol–water partition coefficient (Wildman–Crippen LogP) is -0.239. The molecular weight excluding hydrogens is 203 g/mol. The summed E-state index contributed by atoms with van der Waals surface area (Å²) < 4.78 is 0.796. The summed E-state index contributed by atoms with van der Waals surface area (Å²) in [5.74, 6) is -0.980. The number of nitrogen functional groups attached to an aromatic ring is 1. The van der Waals surface area contributed by atoms with Crippen LogP contribution in [0.5, 0.6) is 0 Å². The predicted molar refractivity (Wildman–Crippen MR) is 43.2 cm³/mol. The summed E-state index contributed by atoms with van der Waals surface area (Å²) >= 11 is 1.78. The number of carboxylic acids is 1. The van der Waals surface area contributed by atoms with Gasteiger partial charge >= 0.3 is 72.0 Å². The molecule has 3 N–H and O–H groups in total. The van der Waals surface area contributed by atoms with Crippen molar-refractivity contribution in [2.75, 3.05) is 5.73 Å². The quantitative estimate of drug-likeness (QED) is 0.495. The summed E-state index contributed by atoms with van der Waals surface area (Å²) in [4.78, 5) is 10.5. The molecule has 0 atom stereocenters. The zero-order valence-electron chi connectivity index (χ0n) is 5.66. The van der Waals surface area contributed by atoms with Gasteiger partial charge in [0.15, 0.2) is 0 Å². The molecule has 11 heavy (non-hydrogen) atoms. The van der Waals surface area contributed by atoms with Gasteiger partial charge in [0.25, 0.3) is 0 Å². The van der Waals surface area contributed by atoms with Gasteiger partial charge in [-0.1, -0.05) is 0 Å². The van der Waals surface area contributed by atoms with E-state index >= 15 is 0 Å². The number of carboxylic acid groups (broad SMARTS) is 1. The SMILES string of the molecule is Nc1[c]([Ge])cccc1C(=O)O. The molecule has 0 aromatic heterocycles. The molecule has 3 radical (unpaired) electrons. The molecule has 0 bridgehead atoms. The summed E-state index contributed by atoms with van der Waals surface area (Å²) in [5.41, 5.74) is 6.02. The van der Waals surface area contributed by atoms with Gasteiger partial charge in [-0.25, -0.2) is 0 Å². The van der Waals surface area contributed by atoms with Gasteiger partial charge in [-0.15, -0.1) is 0 Å². The van der Waals surface area contributed by atoms with Crippen LogP contribution < -0.4 is 10.1 Å². The summed E-state index contributed by atoms with van der Waals surface area (Å²) in [5, 5.41) is 8.61. The zero-order chi connectivity index (χ0) is 8.43. The van der Waals surface area contributed by atoms with Gasteiger partial charge in [-0.3, -0.25) is 0 Å². The molecule has 1 aromatic rings. The van der Waals surface area contributed by atoms with Crippen molar-refractivity contribution in [1.29, 1.82) is 0 Å².